The van der Waals surface area contributed by atoms with E-state index in [1.165, 1.54) is 5.57 Å². The number of nitrogens with zero attached hydrogens (tertiary/aromatic N) is 5. The van der Waals surface area contributed by atoms with Gasteiger partial charge in [-0.3, -0.25) is 4.99 Å². The Hall–Kier alpha value is -2.77. The molecule has 1 aliphatic carbocycles. The van der Waals surface area contributed by atoms with Gasteiger partial charge in [-0.1, -0.05) is 11.6 Å². The van der Waals surface area contributed by atoms with Gasteiger partial charge in [-0.25, -0.2) is 9.48 Å². The van der Waals surface area contributed by atoms with E-state index in [1.54, 1.807) is 27.5 Å². The van der Waals surface area contributed by atoms with Crippen LogP contribution in [0.5, 0.6) is 0 Å². The van der Waals surface area contributed by atoms with E-state index in [1.807, 2.05) is 33.2 Å². The first-order valence-electron chi connectivity index (χ1n) is 12.4. The molecule has 4 rings (SSSR count). The van der Waals surface area contributed by atoms with Gasteiger partial charge in [-0.05, 0) is 46.3 Å². The maximum atomic E-state index is 12.5. The third-order valence-electron chi connectivity index (χ3n) is 6.79. The first kappa shape index (κ1) is 26.3. The highest BCUT2D eigenvalue weighted by molar-refractivity contribution is 7.98. The first-order chi connectivity index (χ1) is 17.1. The minimum Gasteiger partial charge on any atom is -0.444 e. The van der Waals surface area contributed by atoms with Crippen LogP contribution in [0.25, 0.3) is 0 Å². The number of aliphatic imine (C=N–C) groups is 1. The Morgan fingerprint density at radius 2 is 2.19 bits per heavy atom. The number of ether oxygens (including phenoxy) is 2. The minimum atomic E-state index is -0.504. The van der Waals surface area contributed by atoms with E-state index in [0.717, 1.165) is 30.6 Å². The smallest absolute Gasteiger partial charge is 0.410 e. The number of rotatable bonds is 7. The molecule has 1 aromatic rings. The number of allylic oxidation sites excluding steroid dienone is 2. The Balaban J connectivity index is 1.45. The van der Waals surface area contributed by atoms with Crippen molar-refractivity contribution in [3.8, 4) is 6.07 Å². The van der Waals surface area contributed by atoms with Gasteiger partial charge in [0.1, 0.15) is 18.4 Å². The summed E-state index contributed by atoms with van der Waals surface area (Å²) >= 11 is 1.73. The highest BCUT2D eigenvalue weighted by Gasteiger charge is 2.47. The molecule has 1 fully saturated rings. The number of nitrogens with two attached hydrogens (primary N) is 1. The van der Waals surface area contributed by atoms with Crippen LogP contribution in [-0.4, -0.2) is 70.3 Å². The molecule has 0 aromatic carbocycles. The molecular formula is C26H36N6O3S. The molecule has 0 bridgehead atoms. The van der Waals surface area contributed by atoms with Gasteiger partial charge in [0.25, 0.3) is 0 Å². The predicted molar refractivity (Wildman–Crippen MR) is 140 cm³/mol. The highest BCUT2D eigenvalue weighted by Crippen LogP contribution is 2.50. The highest BCUT2D eigenvalue weighted by atomic mass is 32.2. The molecule has 0 saturated carbocycles. The van der Waals surface area contributed by atoms with Crippen molar-refractivity contribution < 1.29 is 14.3 Å². The summed E-state index contributed by atoms with van der Waals surface area (Å²) in [5.74, 6) is 0.906. The number of thioether (sulfide) groups is 1. The summed E-state index contributed by atoms with van der Waals surface area (Å²) < 4.78 is 12.9. The Bertz CT molecular complexity index is 1130. The number of aromatic nitrogens is 2. The number of hydrogen-bond donors (Lipinski definition) is 1. The summed E-state index contributed by atoms with van der Waals surface area (Å²) in [6.45, 7) is 8.59. The van der Waals surface area contributed by atoms with Crippen LogP contribution in [0.1, 0.15) is 45.6 Å². The van der Waals surface area contributed by atoms with Crippen LogP contribution in [-0.2, 0) is 16.2 Å². The monoisotopic (exact) mass is 512 g/mol. The van der Waals surface area contributed by atoms with Crippen LogP contribution in [0.4, 0.5) is 4.79 Å². The van der Waals surface area contributed by atoms with Crippen LogP contribution in [0.15, 0.2) is 40.3 Å². The molecule has 1 saturated heterocycles. The fourth-order valence-corrected chi connectivity index (χ4v) is 5.37. The van der Waals surface area contributed by atoms with Crippen molar-refractivity contribution in [2.24, 2.45) is 22.1 Å². The molecule has 0 radical (unpaired) electrons. The van der Waals surface area contributed by atoms with Gasteiger partial charge in [0.2, 0.25) is 0 Å². The van der Waals surface area contributed by atoms with Crippen LogP contribution >= 0.6 is 11.8 Å². The second kappa shape index (κ2) is 10.7. The number of nitriles is 1. The second-order valence-electron chi connectivity index (χ2n) is 10.7. The molecule has 2 atom stereocenters. The SMILES string of the molecule is CSCCOCn1cc(C2=NCCC(C3=C[C@]4(CCN(C(=O)OC(C)(C)C)C4)C3)C(N)=C2C#N)cn1. The van der Waals surface area contributed by atoms with E-state index in [4.69, 9.17) is 20.2 Å². The summed E-state index contributed by atoms with van der Waals surface area (Å²) in [7, 11) is 0. The molecule has 2 aliphatic heterocycles. The van der Waals surface area contributed by atoms with Crippen molar-refractivity contribution in [3.05, 3.63) is 40.9 Å². The van der Waals surface area contributed by atoms with Gasteiger partial charge in [-0.15, -0.1) is 0 Å². The van der Waals surface area contributed by atoms with Crippen molar-refractivity contribution in [1.82, 2.24) is 14.7 Å². The zero-order valence-electron chi connectivity index (χ0n) is 21.6. The lowest BCUT2D eigenvalue weighted by Gasteiger charge is -2.40. The normalized spacial score (nSPS) is 24.2. The lowest BCUT2D eigenvalue weighted by atomic mass is 9.65. The van der Waals surface area contributed by atoms with Crippen molar-refractivity contribution in [3.63, 3.8) is 0 Å². The van der Waals surface area contributed by atoms with Gasteiger partial charge in [0.05, 0.1) is 24.1 Å². The van der Waals surface area contributed by atoms with Crippen molar-refractivity contribution in [1.29, 1.82) is 5.26 Å². The molecular weight excluding hydrogens is 476 g/mol. The lowest BCUT2D eigenvalue weighted by molar-refractivity contribution is 0.0276. The Morgan fingerprint density at radius 1 is 1.42 bits per heavy atom. The van der Waals surface area contributed by atoms with E-state index < -0.39 is 5.60 Å². The topological polar surface area (TPSA) is 119 Å². The van der Waals surface area contributed by atoms with E-state index in [2.05, 4.69) is 17.2 Å². The number of hydrogen-bond acceptors (Lipinski definition) is 8. The molecule has 1 spiro atoms. The predicted octanol–water partition coefficient (Wildman–Crippen LogP) is 3.72. The van der Waals surface area contributed by atoms with Gasteiger partial charge in [0, 0.05) is 54.2 Å². The van der Waals surface area contributed by atoms with E-state index in [9.17, 15) is 10.1 Å². The van der Waals surface area contributed by atoms with Gasteiger partial charge < -0.3 is 20.1 Å². The third kappa shape index (κ3) is 5.79. The van der Waals surface area contributed by atoms with Crippen LogP contribution < -0.4 is 5.73 Å². The van der Waals surface area contributed by atoms with Crippen LogP contribution in [0.3, 0.4) is 0 Å². The molecule has 3 heterocycles. The molecule has 36 heavy (non-hydrogen) atoms. The molecule has 194 valence electrons. The summed E-state index contributed by atoms with van der Waals surface area (Å²) in [6.07, 6.45) is 10.2. The number of carbonyl (C=O) groups excluding carboxylic acids is 1. The van der Waals surface area contributed by atoms with E-state index >= 15 is 0 Å². The van der Waals surface area contributed by atoms with Crippen molar-refractivity contribution >= 4 is 23.6 Å². The molecule has 1 aromatic heterocycles. The molecule has 1 unspecified atom stereocenters. The van der Waals surface area contributed by atoms with Crippen molar-refractivity contribution in [2.75, 3.05) is 38.2 Å². The molecule has 9 nitrogen and oxygen atoms in total. The first-order valence-corrected chi connectivity index (χ1v) is 13.8. The third-order valence-corrected chi connectivity index (χ3v) is 7.37. The fraction of sp³-hybridized carbons (Fsp3) is 0.615. The Labute approximate surface area is 217 Å². The zero-order valence-corrected chi connectivity index (χ0v) is 22.4. The summed E-state index contributed by atoms with van der Waals surface area (Å²) in [5, 5.41) is 14.4. The molecule has 2 N–H and O–H groups in total. The summed E-state index contributed by atoms with van der Waals surface area (Å²) in [4.78, 5) is 19.0. The second-order valence-corrected chi connectivity index (χ2v) is 11.7. The largest absolute Gasteiger partial charge is 0.444 e. The van der Waals surface area contributed by atoms with Crippen LogP contribution in [0, 0.1) is 22.7 Å². The Kier molecular flexibility index (Phi) is 7.81. The quantitative estimate of drug-likeness (QED) is 0.437. The summed E-state index contributed by atoms with van der Waals surface area (Å²) in [6, 6.07) is 2.31. The summed E-state index contributed by atoms with van der Waals surface area (Å²) in [5.41, 5.74) is 9.69. The number of likely N-dealkylation sites (tertiary alicyclic amines) is 1. The maximum absolute atomic E-state index is 12.5. The minimum absolute atomic E-state index is 0.0211. The zero-order chi connectivity index (χ0) is 25.9. The molecule has 3 aliphatic rings. The molecule has 10 heteroatoms. The molecule has 1 amide bonds. The Morgan fingerprint density at radius 3 is 2.89 bits per heavy atom. The van der Waals surface area contributed by atoms with Crippen LogP contribution in [0.2, 0.25) is 0 Å². The van der Waals surface area contributed by atoms with E-state index in [0.29, 0.717) is 50.0 Å². The van der Waals surface area contributed by atoms with Gasteiger partial charge in [-0.2, -0.15) is 22.1 Å². The van der Waals surface area contributed by atoms with Gasteiger partial charge >= 0.3 is 6.09 Å². The average Bonchev–Trinajstić information content (AvgIpc) is 3.41. The van der Waals surface area contributed by atoms with Crippen molar-refractivity contribution in [2.45, 2.75) is 52.4 Å². The lowest BCUT2D eigenvalue weighted by Crippen LogP contribution is -2.39. The maximum Gasteiger partial charge on any atom is 0.410 e. The average molecular weight is 513 g/mol. The fourth-order valence-electron chi connectivity index (χ4n) is 5.08. The van der Waals surface area contributed by atoms with E-state index in [-0.39, 0.29) is 17.4 Å². The number of amides is 1. The standard InChI is InChI=1S/C26H36N6O3S/c1-25(2,3)35-24(33)31-8-6-26(16-31)11-18(12-26)20-5-7-29-23(21(13-27)22(20)28)19-14-30-32(15-19)17-34-9-10-36-4/h11,14-15,20H,5-10,12,16-17,28H2,1-4H3/t20?,26-/m1/s1. The number of carbonyl (C=O) groups is 1. The van der Waals surface area contributed by atoms with Gasteiger partial charge in [0.15, 0.2) is 0 Å².